The van der Waals surface area contributed by atoms with Crippen LogP contribution in [0.4, 0.5) is 8.78 Å². The molecule has 5 nitrogen and oxygen atoms in total. The monoisotopic (exact) mass is 343 g/mol. The summed E-state index contributed by atoms with van der Waals surface area (Å²) in [7, 11) is 0. The third kappa shape index (κ3) is 4.20. The summed E-state index contributed by atoms with van der Waals surface area (Å²) in [6.45, 7) is -2.72. The molecule has 1 N–H and O–H groups in total. The second-order valence-corrected chi connectivity index (χ2v) is 5.17. The lowest BCUT2D eigenvalue weighted by Crippen LogP contribution is -2.23. The molecule has 3 rings (SSSR count). The summed E-state index contributed by atoms with van der Waals surface area (Å²) < 4.78 is 30.9. The largest absolute Gasteiger partial charge is 0.434 e. The zero-order valence-electron chi connectivity index (χ0n) is 13.1. The van der Waals surface area contributed by atoms with E-state index in [1.165, 1.54) is 18.2 Å². The predicted molar refractivity (Wildman–Crippen MR) is 87.8 cm³/mol. The second kappa shape index (κ2) is 7.57. The molecule has 0 fully saturated rings. The van der Waals surface area contributed by atoms with Gasteiger partial charge in [0.05, 0.1) is 11.3 Å². The molecule has 0 atom stereocenters. The SMILES string of the molecule is O=C(NCc1ccc(-n2cccn2)cc1)c1ccccc1OC(F)F. The van der Waals surface area contributed by atoms with Crippen molar-refractivity contribution in [2.45, 2.75) is 13.2 Å². The maximum Gasteiger partial charge on any atom is 0.387 e. The zero-order valence-corrected chi connectivity index (χ0v) is 13.1. The molecular weight excluding hydrogens is 328 g/mol. The van der Waals surface area contributed by atoms with Crippen LogP contribution >= 0.6 is 0 Å². The molecule has 1 heterocycles. The van der Waals surface area contributed by atoms with Gasteiger partial charge in [-0.05, 0) is 35.9 Å². The average molecular weight is 343 g/mol. The van der Waals surface area contributed by atoms with Crippen molar-refractivity contribution in [3.8, 4) is 11.4 Å². The molecule has 0 aliphatic heterocycles. The van der Waals surface area contributed by atoms with Crippen LogP contribution < -0.4 is 10.1 Å². The van der Waals surface area contributed by atoms with Gasteiger partial charge in [0.2, 0.25) is 0 Å². The maximum atomic E-state index is 12.4. The fourth-order valence-electron chi connectivity index (χ4n) is 2.32. The summed E-state index contributed by atoms with van der Waals surface area (Å²) in [5.41, 5.74) is 1.84. The second-order valence-electron chi connectivity index (χ2n) is 5.17. The van der Waals surface area contributed by atoms with Crippen LogP contribution in [0.3, 0.4) is 0 Å². The third-order valence-corrected chi connectivity index (χ3v) is 3.51. The molecule has 1 aromatic heterocycles. The number of aromatic nitrogens is 2. The number of hydrogen-bond acceptors (Lipinski definition) is 3. The first-order valence-electron chi connectivity index (χ1n) is 7.54. The van der Waals surface area contributed by atoms with E-state index < -0.39 is 12.5 Å². The molecule has 128 valence electrons. The number of nitrogens with zero attached hydrogens (tertiary/aromatic N) is 2. The molecule has 0 bridgehead atoms. The number of amides is 1. The van der Waals surface area contributed by atoms with Gasteiger partial charge in [-0.15, -0.1) is 0 Å². The fourth-order valence-corrected chi connectivity index (χ4v) is 2.32. The minimum absolute atomic E-state index is 0.0657. The van der Waals surface area contributed by atoms with Gasteiger partial charge in [-0.25, -0.2) is 4.68 Å². The highest BCUT2D eigenvalue weighted by Gasteiger charge is 2.14. The molecule has 1 amide bonds. The van der Waals surface area contributed by atoms with Crippen molar-refractivity contribution in [1.82, 2.24) is 15.1 Å². The zero-order chi connectivity index (χ0) is 17.6. The number of rotatable bonds is 6. The summed E-state index contributed by atoms with van der Waals surface area (Å²) in [6.07, 6.45) is 3.52. The van der Waals surface area contributed by atoms with Crippen molar-refractivity contribution in [1.29, 1.82) is 0 Å². The van der Waals surface area contributed by atoms with Gasteiger partial charge >= 0.3 is 6.61 Å². The highest BCUT2D eigenvalue weighted by atomic mass is 19.3. The first kappa shape index (κ1) is 16.6. The molecule has 3 aromatic rings. The highest BCUT2D eigenvalue weighted by Crippen LogP contribution is 2.20. The van der Waals surface area contributed by atoms with Gasteiger partial charge in [0.25, 0.3) is 5.91 Å². The molecule has 25 heavy (non-hydrogen) atoms. The molecule has 0 aliphatic rings. The van der Waals surface area contributed by atoms with Crippen LogP contribution in [0.5, 0.6) is 5.75 Å². The van der Waals surface area contributed by atoms with Crippen LogP contribution in [-0.2, 0) is 6.54 Å². The van der Waals surface area contributed by atoms with E-state index >= 15 is 0 Å². The van der Waals surface area contributed by atoms with E-state index in [0.717, 1.165) is 11.3 Å². The van der Waals surface area contributed by atoms with Crippen LogP contribution in [-0.4, -0.2) is 22.3 Å². The number of carbonyl (C=O) groups is 1. The van der Waals surface area contributed by atoms with E-state index in [2.05, 4.69) is 15.2 Å². The minimum atomic E-state index is -2.98. The Kier molecular flexibility index (Phi) is 5.03. The van der Waals surface area contributed by atoms with Gasteiger partial charge in [-0.1, -0.05) is 24.3 Å². The Balaban J connectivity index is 1.65. The molecule has 7 heteroatoms. The molecule has 0 aliphatic carbocycles. The molecule has 0 saturated heterocycles. The smallest absolute Gasteiger partial charge is 0.387 e. The number of ether oxygens (including phenoxy) is 1. The van der Waals surface area contributed by atoms with Crippen molar-refractivity contribution in [2.24, 2.45) is 0 Å². The van der Waals surface area contributed by atoms with Gasteiger partial charge < -0.3 is 10.1 Å². The summed E-state index contributed by atoms with van der Waals surface area (Å²) in [6, 6.07) is 15.2. The Bertz CT molecular complexity index is 834. The summed E-state index contributed by atoms with van der Waals surface area (Å²) in [4.78, 5) is 12.2. The van der Waals surface area contributed by atoms with Crippen molar-refractivity contribution in [3.63, 3.8) is 0 Å². The minimum Gasteiger partial charge on any atom is -0.434 e. The predicted octanol–water partition coefficient (Wildman–Crippen LogP) is 3.40. The summed E-state index contributed by atoms with van der Waals surface area (Å²) in [5, 5.41) is 6.83. The lowest BCUT2D eigenvalue weighted by Gasteiger charge is -2.11. The van der Waals surface area contributed by atoms with Crippen molar-refractivity contribution < 1.29 is 18.3 Å². The average Bonchev–Trinajstić information content (AvgIpc) is 3.15. The van der Waals surface area contributed by atoms with E-state index in [1.54, 1.807) is 16.9 Å². The molecule has 0 unspecified atom stereocenters. The molecule has 0 saturated carbocycles. The number of alkyl halides is 2. The quantitative estimate of drug-likeness (QED) is 0.746. The Morgan fingerprint density at radius 1 is 1.12 bits per heavy atom. The van der Waals surface area contributed by atoms with Crippen LogP contribution in [0.15, 0.2) is 67.0 Å². The van der Waals surface area contributed by atoms with Crippen molar-refractivity contribution >= 4 is 5.91 Å². The number of nitrogens with one attached hydrogen (secondary N) is 1. The Labute approximate surface area is 142 Å². The number of carbonyl (C=O) groups excluding carboxylic acids is 1. The normalized spacial score (nSPS) is 10.7. The molecule has 0 radical (unpaired) electrons. The van der Waals surface area contributed by atoms with Crippen LogP contribution in [0.1, 0.15) is 15.9 Å². The Morgan fingerprint density at radius 3 is 2.56 bits per heavy atom. The van der Waals surface area contributed by atoms with Crippen LogP contribution in [0.2, 0.25) is 0 Å². The standard InChI is InChI=1S/C18H15F2N3O2/c19-18(20)25-16-5-2-1-4-15(16)17(24)21-12-13-6-8-14(9-7-13)23-11-3-10-22-23/h1-11,18H,12H2,(H,21,24). The number of benzene rings is 2. The topological polar surface area (TPSA) is 56.2 Å². The lowest BCUT2D eigenvalue weighted by molar-refractivity contribution is -0.0501. The Morgan fingerprint density at radius 2 is 1.88 bits per heavy atom. The lowest BCUT2D eigenvalue weighted by atomic mass is 10.1. The number of hydrogen-bond donors (Lipinski definition) is 1. The van der Waals surface area contributed by atoms with E-state index in [0.29, 0.717) is 0 Å². The van der Waals surface area contributed by atoms with Crippen molar-refractivity contribution in [3.05, 3.63) is 78.1 Å². The summed E-state index contributed by atoms with van der Waals surface area (Å²) in [5.74, 6) is -0.628. The third-order valence-electron chi connectivity index (χ3n) is 3.51. The van der Waals surface area contributed by atoms with Gasteiger partial charge in [-0.2, -0.15) is 13.9 Å². The highest BCUT2D eigenvalue weighted by molar-refractivity contribution is 5.96. The van der Waals surface area contributed by atoms with Crippen molar-refractivity contribution in [2.75, 3.05) is 0 Å². The maximum absolute atomic E-state index is 12.4. The fraction of sp³-hybridized carbons (Fsp3) is 0.111. The summed E-state index contributed by atoms with van der Waals surface area (Å²) >= 11 is 0. The van der Waals surface area contributed by atoms with E-state index in [9.17, 15) is 13.6 Å². The Hall–Kier alpha value is -3.22. The molecule has 0 spiro atoms. The van der Waals surface area contributed by atoms with E-state index in [1.807, 2.05) is 36.5 Å². The first-order valence-corrected chi connectivity index (χ1v) is 7.54. The van der Waals surface area contributed by atoms with E-state index in [4.69, 9.17) is 0 Å². The van der Waals surface area contributed by atoms with Crippen LogP contribution in [0, 0.1) is 0 Å². The van der Waals surface area contributed by atoms with Gasteiger partial charge in [0, 0.05) is 18.9 Å². The van der Waals surface area contributed by atoms with E-state index in [-0.39, 0.29) is 17.9 Å². The number of halogens is 2. The molecular formula is C18H15F2N3O2. The molecule has 2 aromatic carbocycles. The first-order chi connectivity index (χ1) is 12.1. The van der Waals surface area contributed by atoms with Crippen LogP contribution in [0.25, 0.3) is 5.69 Å². The van der Waals surface area contributed by atoms with Gasteiger partial charge in [0.15, 0.2) is 0 Å². The number of para-hydroxylation sites is 1. The van der Waals surface area contributed by atoms with Gasteiger partial charge in [0.1, 0.15) is 5.75 Å². The van der Waals surface area contributed by atoms with Gasteiger partial charge in [-0.3, -0.25) is 4.79 Å².